The highest BCUT2D eigenvalue weighted by Gasteiger charge is 2.31. The summed E-state index contributed by atoms with van der Waals surface area (Å²) in [5.74, 6) is -0.0882. The minimum Gasteiger partial charge on any atom is -0.369 e. The zero-order valence-corrected chi connectivity index (χ0v) is 12.4. The maximum absolute atomic E-state index is 14.3. The molecule has 0 radical (unpaired) electrons. The smallest absolute Gasteiger partial charge is 0.196 e. The third-order valence-electron chi connectivity index (χ3n) is 3.43. The number of anilines is 1. The summed E-state index contributed by atoms with van der Waals surface area (Å²) >= 11 is 11.8. The molecule has 0 saturated heterocycles. The minimum atomic E-state index is -0.437. The molecular weight excluding hydrogens is 312 g/mol. The highest BCUT2D eigenvalue weighted by atomic mass is 35.5. The summed E-state index contributed by atoms with van der Waals surface area (Å²) in [5.41, 5.74) is 7.23. The third kappa shape index (κ3) is 2.57. The second-order valence-corrected chi connectivity index (χ2v) is 5.55. The normalized spacial score (nSPS) is 18.0. The number of nitrogens with two attached hydrogens (primary N) is 1. The molecule has 3 rings (SSSR count). The van der Waals surface area contributed by atoms with Crippen LogP contribution in [0.25, 0.3) is 0 Å². The second-order valence-electron chi connectivity index (χ2n) is 4.70. The molecule has 0 bridgehead atoms. The lowest BCUT2D eigenvalue weighted by molar-refractivity contribution is 0.590. The van der Waals surface area contributed by atoms with Gasteiger partial charge in [0.15, 0.2) is 5.96 Å². The van der Waals surface area contributed by atoms with E-state index in [2.05, 4.69) is 4.99 Å². The molecule has 3 nitrogen and oxygen atoms in total. The summed E-state index contributed by atoms with van der Waals surface area (Å²) in [6.45, 7) is 0.381. The number of halogens is 3. The number of hydrogen-bond acceptors (Lipinski definition) is 3. The number of hydrogen-bond donors (Lipinski definition) is 1. The first-order valence-electron chi connectivity index (χ1n) is 6.36. The monoisotopic (exact) mass is 323 g/mol. The fraction of sp³-hybridized carbons (Fsp3) is 0.133. The molecule has 6 heteroatoms. The van der Waals surface area contributed by atoms with Gasteiger partial charge in [-0.05, 0) is 30.3 Å². The standard InChI is InChI=1S/C15H12Cl2FN3/c16-9-4-6-10(7-5-9)21-13(8-20-15(21)19)11-2-1-3-12(17)14(11)18/h1-7,13H,8H2,(H2,19,20). The average Bonchev–Trinajstić information content (AvgIpc) is 2.85. The molecule has 1 aliphatic rings. The highest BCUT2D eigenvalue weighted by molar-refractivity contribution is 6.31. The largest absolute Gasteiger partial charge is 0.369 e. The topological polar surface area (TPSA) is 41.6 Å². The van der Waals surface area contributed by atoms with Crippen molar-refractivity contribution in [3.63, 3.8) is 0 Å². The van der Waals surface area contributed by atoms with Gasteiger partial charge in [-0.15, -0.1) is 0 Å². The van der Waals surface area contributed by atoms with Crippen molar-refractivity contribution >= 4 is 34.8 Å². The van der Waals surface area contributed by atoms with Gasteiger partial charge in [-0.1, -0.05) is 35.3 Å². The molecular formula is C15H12Cl2FN3. The van der Waals surface area contributed by atoms with E-state index in [1.807, 2.05) is 12.1 Å². The van der Waals surface area contributed by atoms with Crippen molar-refractivity contribution in [3.05, 3.63) is 63.9 Å². The maximum atomic E-state index is 14.3. The van der Waals surface area contributed by atoms with E-state index in [-0.39, 0.29) is 11.1 Å². The van der Waals surface area contributed by atoms with E-state index in [1.54, 1.807) is 29.2 Å². The molecule has 1 atom stereocenters. The molecule has 0 saturated carbocycles. The Labute approximate surface area is 131 Å². The minimum absolute atomic E-state index is 0.0917. The zero-order chi connectivity index (χ0) is 15.0. The molecule has 1 heterocycles. The lowest BCUT2D eigenvalue weighted by Gasteiger charge is -2.27. The lowest BCUT2D eigenvalue weighted by atomic mass is 10.0. The molecule has 0 amide bonds. The number of aliphatic imine (C=N–C) groups is 1. The van der Waals surface area contributed by atoms with Crippen LogP contribution in [-0.4, -0.2) is 12.5 Å². The van der Waals surface area contributed by atoms with Crippen LogP contribution >= 0.6 is 23.2 Å². The van der Waals surface area contributed by atoms with Gasteiger partial charge in [0.05, 0.1) is 17.6 Å². The van der Waals surface area contributed by atoms with Gasteiger partial charge in [0, 0.05) is 16.3 Å². The first-order valence-corrected chi connectivity index (χ1v) is 7.12. The van der Waals surface area contributed by atoms with Crippen molar-refractivity contribution < 1.29 is 4.39 Å². The molecule has 2 aromatic carbocycles. The molecule has 2 N–H and O–H groups in total. The van der Waals surface area contributed by atoms with Gasteiger partial charge in [-0.25, -0.2) is 4.39 Å². The van der Waals surface area contributed by atoms with Gasteiger partial charge in [-0.3, -0.25) is 4.99 Å². The van der Waals surface area contributed by atoms with Crippen LogP contribution in [0.15, 0.2) is 47.5 Å². The van der Waals surface area contributed by atoms with E-state index in [0.29, 0.717) is 23.1 Å². The van der Waals surface area contributed by atoms with Crippen molar-refractivity contribution in [1.82, 2.24) is 0 Å². The van der Waals surface area contributed by atoms with Crippen molar-refractivity contribution in [2.24, 2.45) is 10.7 Å². The summed E-state index contributed by atoms with van der Waals surface area (Å²) in [4.78, 5) is 6.01. The maximum Gasteiger partial charge on any atom is 0.196 e. The summed E-state index contributed by atoms with van der Waals surface area (Å²) in [6, 6.07) is 11.8. The Kier molecular flexibility index (Phi) is 3.74. The van der Waals surface area contributed by atoms with E-state index in [0.717, 1.165) is 5.69 Å². The SMILES string of the molecule is NC1=NCC(c2cccc(Cl)c2F)N1c1ccc(Cl)cc1. The van der Waals surface area contributed by atoms with Gasteiger partial charge < -0.3 is 10.6 Å². The Morgan fingerprint density at radius 1 is 1.14 bits per heavy atom. The Morgan fingerprint density at radius 2 is 1.86 bits per heavy atom. The lowest BCUT2D eigenvalue weighted by Crippen LogP contribution is -2.36. The Morgan fingerprint density at radius 3 is 2.57 bits per heavy atom. The Hall–Kier alpha value is -1.78. The van der Waals surface area contributed by atoms with Crippen molar-refractivity contribution in [2.75, 3.05) is 11.4 Å². The van der Waals surface area contributed by atoms with Gasteiger partial charge >= 0.3 is 0 Å². The van der Waals surface area contributed by atoms with Crippen LogP contribution in [0.5, 0.6) is 0 Å². The van der Waals surface area contributed by atoms with E-state index in [4.69, 9.17) is 28.9 Å². The number of benzene rings is 2. The first kappa shape index (κ1) is 14.2. The highest BCUT2D eigenvalue weighted by Crippen LogP contribution is 2.34. The van der Waals surface area contributed by atoms with E-state index in [9.17, 15) is 4.39 Å². The van der Waals surface area contributed by atoms with Crippen LogP contribution in [0.1, 0.15) is 11.6 Å². The second kappa shape index (κ2) is 5.54. The fourth-order valence-electron chi connectivity index (χ4n) is 2.43. The van der Waals surface area contributed by atoms with Crippen molar-refractivity contribution in [3.8, 4) is 0 Å². The number of rotatable bonds is 2. The van der Waals surface area contributed by atoms with Crippen LogP contribution < -0.4 is 10.6 Å². The quantitative estimate of drug-likeness (QED) is 0.907. The molecule has 108 valence electrons. The fourth-order valence-corrected chi connectivity index (χ4v) is 2.73. The van der Waals surface area contributed by atoms with Gasteiger partial charge in [0.2, 0.25) is 0 Å². The van der Waals surface area contributed by atoms with Crippen LogP contribution in [0.2, 0.25) is 10.0 Å². The molecule has 0 spiro atoms. The third-order valence-corrected chi connectivity index (χ3v) is 3.97. The molecule has 1 unspecified atom stereocenters. The summed E-state index contributed by atoms with van der Waals surface area (Å²) < 4.78 is 14.3. The molecule has 21 heavy (non-hydrogen) atoms. The van der Waals surface area contributed by atoms with E-state index in [1.165, 1.54) is 6.07 Å². The molecule has 0 fully saturated rings. The first-order chi connectivity index (χ1) is 10.1. The summed E-state index contributed by atoms with van der Waals surface area (Å²) in [6.07, 6.45) is 0. The van der Waals surface area contributed by atoms with E-state index >= 15 is 0 Å². The van der Waals surface area contributed by atoms with Crippen molar-refractivity contribution in [1.29, 1.82) is 0 Å². The van der Waals surface area contributed by atoms with E-state index < -0.39 is 5.82 Å². The Balaban J connectivity index is 2.03. The number of guanidine groups is 1. The molecule has 0 aliphatic carbocycles. The number of nitrogens with zero attached hydrogens (tertiary/aromatic N) is 2. The van der Waals surface area contributed by atoms with Gasteiger partial charge in [-0.2, -0.15) is 0 Å². The predicted molar refractivity (Wildman–Crippen MR) is 84.6 cm³/mol. The van der Waals surface area contributed by atoms with Gasteiger partial charge in [0.1, 0.15) is 5.82 Å². The average molecular weight is 324 g/mol. The van der Waals surface area contributed by atoms with Crippen LogP contribution in [0.3, 0.4) is 0 Å². The zero-order valence-electron chi connectivity index (χ0n) is 10.9. The predicted octanol–water partition coefficient (Wildman–Crippen LogP) is 4.01. The Bertz CT molecular complexity index is 701. The molecule has 2 aromatic rings. The van der Waals surface area contributed by atoms with Crippen molar-refractivity contribution in [2.45, 2.75) is 6.04 Å². The van der Waals surface area contributed by atoms with Crippen LogP contribution in [-0.2, 0) is 0 Å². The summed E-state index contributed by atoms with van der Waals surface area (Å²) in [7, 11) is 0. The molecule has 1 aliphatic heterocycles. The van der Waals surface area contributed by atoms with Crippen LogP contribution in [0, 0.1) is 5.82 Å². The molecule has 0 aromatic heterocycles. The van der Waals surface area contributed by atoms with Crippen LogP contribution in [0.4, 0.5) is 10.1 Å². The summed E-state index contributed by atoms with van der Waals surface area (Å²) in [5, 5.41) is 0.716. The van der Waals surface area contributed by atoms with Gasteiger partial charge in [0.25, 0.3) is 0 Å².